The van der Waals surface area contributed by atoms with Gasteiger partial charge in [-0.2, -0.15) is 5.10 Å². The largest absolute Gasteiger partial charge is 0.349 e. The van der Waals surface area contributed by atoms with Gasteiger partial charge >= 0.3 is 0 Å². The number of amides is 1. The van der Waals surface area contributed by atoms with Crippen LogP contribution in [0, 0.1) is 0 Å². The molecule has 0 saturated carbocycles. The van der Waals surface area contributed by atoms with E-state index < -0.39 is 0 Å². The van der Waals surface area contributed by atoms with Gasteiger partial charge in [-0.25, -0.2) is 0 Å². The molecule has 2 aromatic rings. The Bertz CT molecular complexity index is 743. The molecule has 1 N–H and O–H groups in total. The van der Waals surface area contributed by atoms with Crippen molar-refractivity contribution < 1.29 is 4.79 Å². The van der Waals surface area contributed by atoms with Gasteiger partial charge in [0.1, 0.15) is 0 Å². The van der Waals surface area contributed by atoms with E-state index in [1.807, 2.05) is 24.3 Å². The summed E-state index contributed by atoms with van der Waals surface area (Å²) in [6.07, 6.45) is 8.07. The van der Waals surface area contributed by atoms with Crippen molar-refractivity contribution in [2.24, 2.45) is 0 Å². The third-order valence-corrected chi connectivity index (χ3v) is 5.79. The van der Waals surface area contributed by atoms with Gasteiger partial charge in [-0.05, 0) is 50.4 Å². The lowest BCUT2D eigenvalue weighted by atomic mass is 9.97. The minimum Gasteiger partial charge on any atom is -0.349 e. The maximum Gasteiger partial charge on any atom is 0.251 e. The molecule has 1 amide bonds. The standard InChI is InChI=1S/C19H23ClN4O/c1-23-17-6-7-18(23)9-16(8-17)22-19(25)14-4-2-13(3-5-14)11-24-12-15(20)10-21-24/h2-5,10,12,16-18H,6-9,11H2,1H3,(H,22,25)/t17-,18-/m1/s1. The monoisotopic (exact) mass is 358 g/mol. The first kappa shape index (κ1) is 16.6. The van der Waals surface area contributed by atoms with Crippen molar-refractivity contribution in [2.75, 3.05) is 7.05 Å². The molecule has 0 unspecified atom stereocenters. The molecule has 2 aliphatic rings. The predicted molar refractivity (Wildman–Crippen MR) is 97.8 cm³/mol. The molecular formula is C19H23ClN4O. The number of halogens is 1. The molecule has 1 aromatic heterocycles. The van der Waals surface area contributed by atoms with Crippen LogP contribution in [0.2, 0.25) is 5.02 Å². The van der Waals surface area contributed by atoms with E-state index in [0.29, 0.717) is 35.3 Å². The van der Waals surface area contributed by atoms with Gasteiger partial charge in [0.2, 0.25) is 0 Å². The van der Waals surface area contributed by atoms with E-state index in [0.717, 1.165) is 18.4 Å². The Morgan fingerprint density at radius 1 is 1.24 bits per heavy atom. The van der Waals surface area contributed by atoms with Crippen LogP contribution in [0.4, 0.5) is 0 Å². The maximum atomic E-state index is 12.5. The second-order valence-corrected chi connectivity index (χ2v) is 7.68. The molecule has 2 saturated heterocycles. The van der Waals surface area contributed by atoms with Gasteiger partial charge in [0, 0.05) is 29.9 Å². The number of hydrogen-bond acceptors (Lipinski definition) is 3. The van der Waals surface area contributed by atoms with Crippen LogP contribution in [0.3, 0.4) is 0 Å². The fourth-order valence-corrected chi connectivity index (χ4v) is 4.33. The van der Waals surface area contributed by atoms with E-state index in [4.69, 9.17) is 11.6 Å². The number of rotatable bonds is 4. The molecule has 2 bridgehead atoms. The number of fused-ring (bicyclic) bond motifs is 2. The molecule has 4 rings (SSSR count). The van der Waals surface area contributed by atoms with Crippen LogP contribution in [-0.4, -0.2) is 45.8 Å². The summed E-state index contributed by atoms with van der Waals surface area (Å²) in [5.74, 6) is 0.0302. The lowest BCUT2D eigenvalue weighted by Gasteiger charge is -2.36. The van der Waals surface area contributed by atoms with Crippen LogP contribution in [0.1, 0.15) is 41.6 Å². The van der Waals surface area contributed by atoms with Crippen LogP contribution in [-0.2, 0) is 6.54 Å². The first-order valence-electron chi connectivity index (χ1n) is 8.88. The third kappa shape index (κ3) is 3.58. The van der Waals surface area contributed by atoms with E-state index in [1.165, 1.54) is 12.8 Å². The Kier molecular flexibility index (Phi) is 4.52. The topological polar surface area (TPSA) is 50.2 Å². The summed E-state index contributed by atoms with van der Waals surface area (Å²) in [6.45, 7) is 0.646. The van der Waals surface area contributed by atoms with E-state index >= 15 is 0 Å². The van der Waals surface area contributed by atoms with Crippen molar-refractivity contribution in [3.63, 3.8) is 0 Å². The Morgan fingerprint density at radius 2 is 1.92 bits per heavy atom. The van der Waals surface area contributed by atoms with Crippen molar-refractivity contribution >= 4 is 17.5 Å². The summed E-state index contributed by atoms with van der Waals surface area (Å²) in [5, 5.41) is 8.03. The van der Waals surface area contributed by atoms with Crippen molar-refractivity contribution in [2.45, 2.75) is 50.4 Å². The number of hydrogen-bond donors (Lipinski definition) is 1. The predicted octanol–water partition coefficient (Wildman–Crippen LogP) is 2.94. The molecule has 2 aliphatic heterocycles. The molecule has 0 aliphatic carbocycles. The highest BCUT2D eigenvalue weighted by molar-refractivity contribution is 6.30. The molecule has 132 valence electrons. The smallest absolute Gasteiger partial charge is 0.251 e. The fourth-order valence-electron chi connectivity index (χ4n) is 4.17. The number of nitrogens with one attached hydrogen (secondary N) is 1. The first-order valence-corrected chi connectivity index (χ1v) is 9.26. The van der Waals surface area contributed by atoms with Gasteiger partial charge in [0.15, 0.2) is 0 Å². The summed E-state index contributed by atoms with van der Waals surface area (Å²) < 4.78 is 1.78. The van der Waals surface area contributed by atoms with Gasteiger partial charge in [-0.1, -0.05) is 23.7 Å². The van der Waals surface area contributed by atoms with E-state index in [9.17, 15) is 4.79 Å². The number of carbonyl (C=O) groups is 1. The Morgan fingerprint density at radius 3 is 2.52 bits per heavy atom. The molecule has 2 atom stereocenters. The quantitative estimate of drug-likeness (QED) is 0.914. The van der Waals surface area contributed by atoms with Crippen molar-refractivity contribution in [1.29, 1.82) is 0 Å². The van der Waals surface area contributed by atoms with Crippen molar-refractivity contribution in [1.82, 2.24) is 20.0 Å². The minimum absolute atomic E-state index is 0.0302. The maximum absolute atomic E-state index is 12.5. The molecule has 0 spiro atoms. The van der Waals surface area contributed by atoms with E-state index in [2.05, 4.69) is 22.4 Å². The second-order valence-electron chi connectivity index (χ2n) is 7.25. The molecule has 3 heterocycles. The molecule has 2 fully saturated rings. The van der Waals surface area contributed by atoms with Crippen LogP contribution in [0.5, 0.6) is 0 Å². The van der Waals surface area contributed by atoms with Crippen molar-refractivity contribution in [3.8, 4) is 0 Å². The van der Waals surface area contributed by atoms with Crippen LogP contribution in [0.15, 0.2) is 36.7 Å². The normalized spacial score (nSPS) is 25.9. The first-order chi connectivity index (χ1) is 12.1. The van der Waals surface area contributed by atoms with Gasteiger partial charge in [-0.15, -0.1) is 0 Å². The summed E-state index contributed by atoms with van der Waals surface area (Å²) in [4.78, 5) is 15.0. The summed E-state index contributed by atoms with van der Waals surface area (Å²) >= 11 is 5.88. The number of benzene rings is 1. The zero-order valence-electron chi connectivity index (χ0n) is 14.4. The Hall–Kier alpha value is -1.85. The van der Waals surface area contributed by atoms with Crippen LogP contribution >= 0.6 is 11.6 Å². The molecule has 5 nitrogen and oxygen atoms in total. The SMILES string of the molecule is CN1[C@@H]2CC[C@@H]1CC(NC(=O)c1ccc(Cn3cc(Cl)cn3)cc1)C2. The Labute approximate surface area is 153 Å². The highest BCUT2D eigenvalue weighted by Crippen LogP contribution is 2.34. The van der Waals surface area contributed by atoms with Gasteiger partial charge in [-0.3, -0.25) is 9.48 Å². The van der Waals surface area contributed by atoms with Gasteiger partial charge in [0.25, 0.3) is 5.91 Å². The molecule has 0 radical (unpaired) electrons. The number of nitrogens with zero attached hydrogens (tertiary/aromatic N) is 3. The lowest BCUT2D eigenvalue weighted by Crippen LogP contribution is -2.48. The lowest BCUT2D eigenvalue weighted by molar-refractivity contribution is 0.0882. The number of piperidine rings is 1. The summed E-state index contributed by atoms with van der Waals surface area (Å²) in [6, 6.07) is 9.29. The minimum atomic E-state index is 0.0302. The molecule has 1 aromatic carbocycles. The summed E-state index contributed by atoms with van der Waals surface area (Å²) in [5.41, 5.74) is 1.81. The second kappa shape index (κ2) is 6.81. The van der Waals surface area contributed by atoms with E-state index in [1.54, 1.807) is 17.1 Å². The molecule has 25 heavy (non-hydrogen) atoms. The number of carbonyl (C=O) groups excluding carboxylic acids is 1. The zero-order chi connectivity index (χ0) is 17.4. The average molecular weight is 359 g/mol. The van der Waals surface area contributed by atoms with E-state index in [-0.39, 0.29) is 5.91 Å². The highest BCUT2D eigenvalue weighted by atomic mass is 35.5. The van der Waals surface area contributed by atoms with Gasteiger partial charge < -0.3 is 10.2 Å². The van der Waals surface area contributed by atoms with Crippen molar-refractivity contribution in [3.05, 3.63) is 52.8 Å². The third-order valence-electron chi connectivity index (χ3n) is 5.60. The summed E-state index contributed by atoms with van der Waals surface area (Å²) in [7, 11) is 2.21. The fraction of sp³-hybridized carbons (Fsp3) is 0.474. The molecule has 6 heteroatoms. The highest BCUT2D eigenvalue weighted by Gasteiger charge is 2.38. The average Bonchev–Trinajstić information content (AvgIpc) is 3.07. The zero-order valence-corrected chi connectivity index (χ0v) is 15.1. The van der Waals surface area contributed by atoms with Crippen LogP contribution in [0.25, 0.3) is 0 Å². The van der Waals surface area contributed by atoms with Gasteiger partial charge in [0.05, 0.1) is 17.8 Å². The Balaban J connectivity index is 1.36. The number of aromatic nitrogens is 2. The van der Waals surface area contributed by atoms with Crippen LogP contribution < -0.4 is 5.32 Å². The molecular weight excluding hydrogens is 336 g/mol.